The lowest BCUT2D eigenvalue weighted by atomic mass is 10.1. The molecule has 0 spiro atoms. The van der Waals surface area contributed by atoms with Gasteiger partial charge in [-0.25, -0.2) is 4.98 Å². The lowest BCUT2D eigenvalue weighted by Crippen LogP contribution is -2.22. The molecule has 0 aliphatic rings. The van der Waals surface area contributed by atoms with Crippen LogP contribution in [0.25, 0.3) is 10.9 Å². The molecule has 4 aromatic rings. The van der Waals surface area contributed by atoms with E-state index in [0.717, 1.165) is 28.4 Å². The Labute approximate surface area is 216 Å². The maximum absolute atomic E-state index is 13.2. The fourth-order valence-electron chi connectivity index (χ4n) is 3.78. The van der Waals surface area contributed by atoms with E-state index in [9.17, 15) is 14.9 Å². The molecule has 0 fully saturated rings. The first kappa shape index (κ1) is 25.2. The molecule has 0 aliphatic heterocycles. The second-order valence-electron chi connectivity index (χ2n) is 8.42. The van der Waals surface area contributed by atoms with Crippen LogP contribution in [0.1, 0.15) is 42.3 Å². The van der Waals surface area contributed by atoms with Gasteiger partial charge in [0.25, 0.3) is 5.56 Å². The molecule has 1 aromatic heterocycles. The lowest BCUT2D eigenvalue weighted by Gasteiger charge is -2.10. The first-order chi connectivity index (χ1) is 17.4. The number of aromatic nitrogens is 2. The first-order valence-electron chi connectivity index (χ1n) is 11.6. The van der Waals surface area contributed by atoms with Crippen molar-refractivity contribution in [2.75, 3.05) is 0 Å². The zero-order chi connectivity index (χ0) is 25.7. The summed E-state index contributed by atoms with van der Waals surface area (Å²) in [5.41, 5.74) is 2.60. The number of benzene rings is 3. The van der Waals surface area contributed by atoms with Crippen molar-refractivity contribution in [1.29, 1.82) is 0 Å². The molecule has 0 bridgehead atoms. The topological polar surface area (TPSA) is 99.6 Å². The number of hydrogen-bond donors (Lipinski definition) is 0. The van der Waals surface area contributed by atoms with Crippen LogP contribution in [0, 0.1) is 17.0 Å². The van der Waals surface area contributed by atoms with Crippen molar-refractivity contribution in [2.24, 2.45) is 5.10 Å². The number of unbranched alkanes of at least 4 members (excludes halogenated alkanes) is 1. The van der Waals surface area contributed by atoms with E-state index in [1.807, 2.05) is 37.3 Å². The molecule has 0 amide bonds. The second-order valence-corrected chi connectivity index (χ2v) is 9.33. The molecule has 184 valence electrons. The molecule has 0 N–H and O–H groups in total. The van der Waals surface area contributed by atoms with Crippen LogP contribution in [-0.4, -0.2) is 20.8 Å². The van der Waals surface area contributed by atoms with E-state index in [2.05, 4.69) is 32.9 Å². The Hall–Kier alpha value is -3.85. The van der Waals surface area contributed by atoms with E-state index in [1.54, 1.807) is 24.3 Å². The van der Waals surface area contributed by atoms with Crippen LogP contribution in [0.2, 0.25) is 0 Å². The number of nitro benzene ring substituents is 1. The van der Waals surface area contributed by atoms with Crippen molar-refractivity contribution in [3.05, 3.63) is 108 Å². The zero-order valence-corrected chi connectivity index (χ0v) is 21.6. The summed E-state index contributed by atoms with van der Waals surface area (Å²) in [6.45, 7) is 4.25. The fraction of sp³-hybridized carbons (Fsp3) is 0.222. The summed E-state index contributed by atoms with van der Waals surface area (Å²) < 4.78 is 7.79. The number of hydrogen-bond acceptors (Lipinski definition) is 6. The minimum atomic E-state index is -0.489. The Bertz CT molecular complexity index is 1510. The molecular formula is C27H25BrN4O4. The highest BCUT2D eigenvalue weighted by Gasteiger charge is 2.16. The van der Waals surface area contributed by atoms with Crippen molar-refractivity contribution in [1.82, 2.24) is 9.66 Å². The summed E-state index contributed by atoms with van der Waals surface area (Å²) >= 11 is 3.40. The smallest absolute Gasteiger partial charge is 0.311 e. The van der Waals surface area contributed by atoms with E-state index in [-0.39, 0.29) is 23.6 Å². The number of rotatable bonds is 9. The number of aryl methyl sites for hydroxylation is 2. The zero-order valence-electron chi connectivity index (χ0n) is 20.0. The normalized spacial score (nSPS) is 11.3. The molecule has 36 heavy (non-hydrogen) atoms. The summed E-state index contributed by atoms with van der Waals surface area (Å²) in [4.78, 5) is 29.1. The third-order valence-electron chi connectivity index (χ3n) is 5.61. The molecule has 0 atom stereocenters. The van der Waals surface area contributed by atoms with Crippen LogP contribution >= 0.6 is 15.9 Å². The van der Waals surface area contributed by atoms with Gasteiger partial charge in [-0.15, -0.1) is 0 Å². The highest BCUT2D eigenvalue weighted by atomic mass is 79.9. The Morgan fingerprint density at radius 3 is 2.75 bits per heavy atom. The maximum atomic E-state index is 13.2. The number of nitrogens with zero attached hydrogens (tertiary/aromatic N) is 4. The van der Waals surface area contributed by atoms with Crippen molar-refractivity contribution in [3.8, 4) is 5.75 Å². The van der Waals surface area contributed by atoms with Crippen LogP contribution < -0.4 is 10.3 Å². The van der Waals surface area contributed by atoms with Crippen molar-refractivity contribution < 1.29 is 9.66 Å². The van der Waals surface area contributed by atoms with Crippen LogP contribution in [-0.2, 0) is 13.0 Å². The highest BCUT2D eigenvalue weighted by Crippen LogP contribution is 2.28. The molecule has 9 heteroatoms. The minimum absolute atomic E-state index is 0.164. The summed E-state index contributed by atoms with van der Waals surface area (Å²) in [6, 6.07) is 17.7. The number of nitro groups is 1. The molecule has 0 saturated heterocycles. The third-order valence-corrected chi connectivity index (χ3v) is 6.10. The van der Waals surface area contributed by atoms with E-state index in [0.29, 0.717) is 28.7 Å². The average Bonchev–Trinajstić information content (AvgIpc) is 2.86. The molecule has 0 unspecified atom stereocenters. The Balaban J connectivity index is 1.66. The van der Waals surface area contributed by atoms with Gasteiger partial charge in [0.2, 0.25) is 0 Å². The lowest BCUT2D eigenvalue weighted by molar-refractivity contribution is -0.385. The van der Waals surface area contributed by atoms with E-state index >= 15 is 0 Å². The predicted molar refractivity (Wildman–Crippen MR) is 144 cm³/mol. The summed E-state index contributed by atoms with van der Waals surface area (Å²) in [6.07, 6.45) is 3.80. The molecule has 0 saturated carbocycles. The van der Waals surface area contributed by atoms with E-state index in [4.69, 9.17) is 4.74 Å². The van der Waals surface area contributed by atoms with Crippen LogP contribution in [0.15, 0.2) is 75.0 Å². The molecule has 0 radical (unpaired) electrons. The number of ether oxygens (including phenoxy) is 1. The van der Waals surface area contributed by atoms with Gasteiger partial charge in [-0.3, -0.25) is 14.9 Å². The van der Waals surface area contributed by atoms with Gasteiger partial charge in [-0.1, -0.05) is 59.1 Å². The monoisotopic (exact) mass is 548 g/mol. The highest BCUT2D eigenvalue weighted by molar-refractivity contribution is 9.10. The second kappa shape index (κ2) is 11.3. The molecule has 8 nitrogen and oxygen atoms in total. The summed E-state index contributed by atoms with van der Waals surface area (Å²) in [7, 11) is 0. The predicted octanol–water partition coefficient (Wildman–Crippen LogP) is 6.18. The largest absolute Gasteiger partial charge is 0.482 e. The van der Waals surface area contributed by atoms with Crippen LogP contribution in [0.3, 0.4) is 0 Å². The maximum Gasteiger partial charge on any atom is 0.311 e. The quantitative estimate of drug-likeness (QED) is 0.141. The Morgan fingerprint density at radius 2 is 2.00 bits per heavy atom. The van der Waals surface area contributed by atoms with Gasteiger partial charge in [0.05, 0.1) is 22.0 Å². The van der Waals surface area contributed by atoms with E-state index in [1.165, 1.54) is 17.0 Å². The Kier molecular flexibility index (Phi) is 7.90. The first-order valence-corrected chi connectivity index (χ1v) is 12.4. The summed E-state index contributed by atoms with van der Waals surface area (Å²) in [5, 5.41) is 16.5. The van der Waals surface area contributed by atoms with Gasteiger partial charge in [-0.2, -0.15) is 9.78 Å². The third kappa shape index (κ3) is 5.85. The van der Waals surface area contributed by atoms with Crippen LogP contribution in [0.4, 0.5) is 5.69 Å². The van der Waals surface area contributed by atoms with E-state index < -0.39 is 4.92 Å². The van der Waals surface area contributed by atoms with Gasteiger partial charge in [-0.05, 0) is 49.2 Å². The fourth-order valence-corrected chi connectivity index (χ4v) is 4.14. The molecule has 4 rings (SSSR count). The van der Waals surface area contributed by atoms with Crippen molar-refractivity contribution in [2.45, 2.75) is 39.7 Å². The molecule has 3 aromatic carbocycles. The summed E-state index contributed by atoms with van der Waals surface area (Å²) in [5.74, 6) is 0.706. The number of fused-ring (bicyclic) bond motifs is 1. The van der Waals surface area contributed by atoms with Gasteiger partial charge in [0.1, 0.15) is 12.4 Å². The number of halogens is 1. The van der Waals surface area contributed by atoms with Gasteiger partial charge >= 0.3 is 5.69 Å². The van der Waals surface area contributed by atoms with Gasteiger partial charge in [0.15, 0.2) is 5.75 Å². The SMILES string of the molecule is CCCCc1nc2ccc(Br)cc2c(=O)n1N=Cc1ccc(OCc2cccc(C)c2)c([N+](=O)[O-])c1. The van der Waals surface area contributed by atoms with Gasteiger partial charge in [0, 0.05) is 22.5 Å². The standard InChI is InChI=1S/C27H25BrN4O4/c1-3-4-8-26-30-23-11-10-21(28)15-22(23)27(33)31(26)29-16-19-9-12-25(24(14-19)32(34)35)36-17-20-7-5-6-18(2)13-20/h5-7,9-16H,3-4,8,17H2,1-2H3. The average molecular weight is 549 g/mol. The molecular weight excluding hydrogens is 524 g/mol. The minimum Gasteiger partial charge on any atom is -0.482 e. The molecule has 0 aliphatic carbocycles. The van der Waals surface area contributed by atoms with Gasteiger partial charge < -0.3 is 4.74 Å². The van der Waals surface area contributed by atoms with Crippen molar-refractivity contribution in [3.63, 3.8) is 0 Å². The van der Waals surface area contributed by atoms with Crippen molar-refractivity contribution >= 4 is 38.7 Å². The molecule has 1 heterocycles. The van der Waals surface area contributed by atoms with Crippen LogP contribution in [0.5, 0.6) is 5.75 Å². The Morgan fingerprint density at radius 1 is 1.17 bits per heavy atom.